The van der Waals surface area contributed by atoms with Crippen molar-refractivity contribution in [2.24, 2.45) is 0 Å². The Morgan fingerprint density at radius 1 is 1.29 bits per heavy atom. The lowest BCUT2D eigenvalue weighted by Crippen LogP contribution is -2.29. The van der Waals surface area contributed by atoms with Crippen LogP contribution in [0.15, 0.2) is 41.8 Å². The normalized spacial score (nSPS) is 10.7. The van der Waals surface area contributed by atoms with Crippen LogP contribution in [-0.2, 0) is 9.53 Å². The van der Waals surface area contributed by atoms with Crippen LogP contribution in [0.1, 0.15) is 23.5 Å². The van der Waals surface area contributed by atoms with Crippen molar-refractivity contribution in [3.8, 4) is 16.4 Å². The number of hydrogen-bond acceptors (Lipinski definition) is 6. The largest absolute Gasteiger partial charge is 0.469 e. The minimum absolute atomic E-state index is 0.00762. The summed E-state index contributed by atoms with van der Waals surface area (Å²) in [5.74, 6) is -0.634. The summed E-state index contributed by atoms with van der Waals surface area (Å²) in [4.78, 5) is 30.6. The van der Waals surface area contributed by atoms with Crippen molar-refractivity contribution in [2.75, 3.05) is 20.7 Å². The number of hydrogen-bond donors (Lipinski definition) is 0. The summed E-state index contributed by atoms with van der Waals surface area (Å²) in [6, 6.07) is 9.67. The molecular formula is C19H19FN4O3S. The van der Waals surface area contributed by atoms with Crippen molar-refractivity contribution in [3.63, 3.8) is 0 Å². The summed E-state index contributed by atoms with van der Waals surface area (Å²) >= 11 is 1.45. The molecule has 2 aromatic heterocycles. The molecule has 0 aliphatic carbocycles. The number of amides is 1. The van der Waals surface area contributed by atoms with Gasteiger partial charge in [-0.1, -0.05) is 12.1 Å². The molecule has 1 aromatic carbocycles. The second kappa shape index (κ2) is 8.75. The Kier molecular flexibility index (Phi) is 6.15. The summed E-state index contributed by atoms with van der Waals surface area (Å²) < 4.78 is 19.7. The molecule has 28 heavy (non-hydrogen) atoms. The van der Waals surface area contributed by atoms with Gasteiger partial charge in [-0.25, -0.2) is 14.1 Å². The van der Waals surface area contributed by atoms with Crippen LogP contribution in [0.3, 0.4) is 0 Å². The third-order valence-electron chi connectivity index (χ3n) is 4.04. The van der Waals surface area contributed by atoms with Gasteiger partial charge in [-0.05, 0) is 36.1 Å². The van der Waals surface area contributed by atoms with E-state index < -0.39 is 5.82 Å². The molecule has 3 aromatic rings. The molecule has 2 heterocycles. The van der Waals surface area contributed by atoms with Crippen molar-refractivity contribution >= 4 is 23.2 Å². The highest BCUT2D eigenvalue weighted by Gasteiger charge is 2.22. The molecule has 9 heteroatoms. The van der Waals surface area contributed by atoms with E-state index in [1.54, 1.807) is 19.2 Å². The number of halogens is 1. The van der Waals surface area contributed by atoms with E-state index in [1.165, 1.54) is 40.2 Å². The Morgan fingerprint density at radius 2 is 2.11 bits per heavy atom. The highest BCUT2D eigenvalue weighted by Crippen LogP contribution is 2.26. The first-order valence-corrected chi connectivity index (χ1v) is 9.46. The average molecular weight is 402 g/mol. The first-order chi connectivity index (χ1) is 13.5. The summed E-state index contributed by atoms with van der Waals surface area (Å²) in [6.07, 6.45) is 0.691. The molecule has 0 aliphatic heterocycles. The van der Waals surface area contributed by atoms with Crippen molar-refractivity contribution in [2.45, 2.75) is 12.8 Å². The third kappa shape index (κ3) is 4.42. The van der Waals surface area contributed by atoms with Gasteiger partial charge in [0.1, 0.15) is 5.82 Å². The Morgan fingerprint density at radius 3 is 2.79 bits per heavy atom. The van der Waals surface area contributed by atoms with Gasteiger partial charge in [0.25, 0.3) is 5.91 Å². The highest BCUT2D eigenvalue weighted by atomic mass is 32.1. The molecule has 146 valence electrons. The zero-order chi connectivity index (χ0) is 20.1. The van der Waals surface area contributed by atoms with Crippen LogP contribution in [0, 0.1) is 5.82 Å². The second-order valence-electron chi connectivity index (χ2n) is 6.03. The molecule has 0 saturated carbocycles. The van der Waals surface area contributed by atoms with Crippen LogP contribution in [-0.4, -0.2) is 52.2 Å². The monoisotopic (exact) mass is 402 g/mol. The predicted octanol–water partition coefficient (Wildman–Crippen LogP) is 3.16. The third-order valence-corrected chi connectivity index (χ3v) is 4.91. The quantitative estimate of drug-likeness (QED) is 0.568. The fourth-order valence-corrected chi connectivity index (χ4v) is 3.29. The highest BCUT2D eigenvalue weighted by molar-refractivity contribution is 7.13. The summed E-state index contributed by atoms with van der Waals surface area (Å²) in [6.45, 7) is 0.358. The molecule has 0 atom stereocenters. The van der Waals surface area contributed by atoms with E-state index in [1.807, 2.05) is 17.5 Å². The fraction of sp³-hybridized carbons (Fsp3) is 0.263. The number of benzene rings is 1. The number of carbonyl (C=O) groups is 2. The maximum atomic E-state index is 13.7. The first-order valence-electron chi connectivity index (χ1n) is 8.58. The van der Waals surface area contributed by atoms with Gasteiger partial charge in [-0.3, -0.25) is 9.59 Å². The summed E-state index contributed by atoms with van der Waals surface area (Å²) in [5, 5.41) is 6.21. The van der Waals surface area contributed by atoms with Crippen molar-refractivity contribution in [1.82, 2.24) is 19.7 Å². The predicted molar refractivity (Wildman–Crippen MR) is 103 cm³/mol. The maximum absolute atomic E-state index is 13.7. The van der Waals surface area contributed by atoms with Gasteiger partial charge in [0.2, 0.25) is 5.82 Å². The van der Waals surface area contributed by atoms with Crippen molar-refractivity contribution in [1.29, 1.82) is 0 Å². The van der Waals surface area contributed by atoms with Crippen LogP contribution in [0.5, 0.6) is 0 Å². The van der Waals surface area contributed by atoms with E-state index in [0.29, 0.717) is 24.5 Å². The molecule has 0 fully saturated rings. The van der Waals surface area contributed by atoms with Crippen LogP contribution < -0.4 is 0 Å². The van der Waals surface area contributed by atoms with Gasteiger partial charge in [-0.15, -0.1) is 16.4 Å². The van der Waals surface area contributed by atoms with Crippen LogP contribution in [0.25, 0.3) is 16.4 Å². The molecule has 0 radical (unpaired) electrons. The fourth-order valence-electron chi connectivity index (χ4n) is 2.59. The molecule has 0 unspecified atom stereocenters. The number of ether oxygens (including phenoxy) is 1. The number of thiophene rings is 1. The molecule has 0 N–H and O–H groups in total. The lowest BCUT2D eigenvalue weighted by atomic mass is 10.3. The maximum Gasteiger partial charge on any atom is 0.305 e. The number of rotatable bonds is 7. The summed E-state index contributed by atoms with van der Waals surface area (Å²) in [7, 11) is 2.94. The Balaban J connectivity index is 1.87. The molecule has 0 aliphatic rings. The zero-order valence-corrected chi connectivity index (χ0v) is 16.3. The van der Waals surface area contributed by atoms with Crippen LogP contribution in [0.2, 0.25) is 0 Å². The molecule has 3 rings (SSSR count). The lowest BCUT2D eigenvalue weighted by molar-refractivity contribution is -0.140. The van der Waals surface area contributed by atoms with E-state index in [4.69, 9.17) is 0 Å². The molecule has 1 amide bonds. The molecule has 0 saturated heterocycles. The molecule has 7 nitrogen and oxygen atoms in total. The van der Waals surface area contributed by atoms with Gasteiger partial charge in [0, 0.05) is 20.0 Å². The number of esters is 1. The lowest BCUT2D eigenvalue weighted by Gasteiger charge is -2.14. The van der Waals surface area contributed by atoms with E-state index in [0.717, 1.165) is 4.88 Å². The first kappa shape index (κ1) is 19.7. The second-order valence-corrected chi connectivity index (χ2v) is 6.98. The smallest absolute Gasteiger partial charge is 0.305 e. The Labute approximate surface area is 165 Å². The van der Waals surface area contributed by atoms with Crippen molar-refractivity contribution < 1.29 is 18.7 Å². The minimum atomic E-state index is -0.405. The topological polar surface area (TPSA) is 77.3 Å². The van der Waals surface area contributed by atoms with E-state index in [9.17, 15) is 14.0 Å². The van der Waals surface area contributed by atoms with E-state index in [-0.39, 0.29) is 24.1 Å². The zero-order valence-electron chi connectivity index (χ0n) is 15.5. The van der Waals surface area contributed by atoms with Gasteiger partial charge in [-0.2, -0.15) is 0 Å². The minimum Gasteiger partial charge on any atom is -0.469 e. The van der Waals surface area contributed by atoms with Crippen molar-refractivity contribution in [3.05, 3.63) is 53.4 Å². The average Bonchev–Trinajstić information content (AvgIpc) is 3.36. The molecular weight excluding hydrogens is 383 g/mol. The molecule has 0 spiro atoms. The SMILES string of the molecule is COC(=O)CCCN(C)C(=O)c1nc(-c2cccs2)n(-c2cccc(F)c2)n1. The number of methoxy groups -OCH3 is 1. The summed E-state index contributed by atoms with van der Waals surface area (Å²) in [5.41, 5.74) is 0.475. The van der Waals surface area contributed by atoms with Gasteiger partial charge < -0.3 is 9.64 Å². The van der Waals surface area contributed by atoms with Crippen LogP contribution in [0.4, 0.5) is 4.39 Å². The van der Waals surface area contributed by atoms with E-state index in [2.05, 4.69) is 14.8 Å². The standard InChI is InChI=1S/C19H19FN4O3S/c1-23(10-4-9-16(25)27-2)19(26)17-21-18(15-8-5-11-28-15)24(22-17)14-7-3-6-13(20)12-14/h3,5-8,11-12H,4,9-10H2,1-2H3. The molecule has 0 bridgehead atoms. The van der Waals surface area contributed by atoms with Gasteiger partial charge in [0.15, 0.2) is 5.82 Å². The Hall–Kier alpha value is -3.07. The Bertz CT molecular complexity index is 971. The van der Waals surface area contributed by atoms with Gasteiger partial charge in [0.05, 0.1) is 17.7 Å². The number of carbonyl (C=O) groups excluding carboxylic acids is 2. The number of aromatic nitrogens is 3. The van der Waals surface area contributed by atoms with Crippen LogP contribution >= 0.6 is 11.3 Å². The number of nitrogens with zero attached hydrogens (tertiary/aromatic N) is 4. The van der Waals surface area contributed by atoms with Gasteiger partial charge >= 0.3 is 5.97 Å². The van der Waals surface area contributed by atoms with E-state index >= 15 is 0 Å².